The first kappa shape index (κ1) is 14.4. The quantitative estimate of drug-likeness (QED) is 0.757. The van der Waals surface area contributed by atoms with E-state index in [1.165, 1.54) is 0 Å². The Kier molecular flexibility index (Phi) is 4.61. The minimum absolute atomic E-state index is 0.0219. The molecule has 0 aliphatic heterocycles. The third-order valence-electron chi connectivity index (χ3n) is 2.89. The Balaban J connectivity index is 2.04. The van der Waals surface area contributed by atoms with Gasteiger partial charge in [-0.3, -0.25) is 4.79 Å². The highest BCUT2D eigenvalue weighted by Crippen LogP contribution is 2.18. The molecule has 0 radical (unpaired) electrons. The van der Waals surface area contributed by atoms with Gasteiger partial charge in [0.1, 0.15) is 0 Å². The molecule has 1 amide bonds. The third kappa shape index (κ3) is 3.50. The fourth-order valence-electron chi connectivity index (χ4n) is 1.86. The van der Waals surface area contributed by atoms with Crippen molar-refractivity contribution in [2.45, 2.75) is 13.2 Å². The van der Waals surface area contributed by atoms with Crippen LogP contribution in [0.15, 0.2) is 42.5 Å². The highest BCUT2D eigenvalue weighted by atomic mass is 35.5. The standard InChI is InChI=1S/C15H15ClN2O2/c16-12-4-5-13(14(17)7-12)15(20)18-8-10-2-1-3-11(6-10)9-19/h1-7,19H,8-9,17H2,(H,18,20). The first-order valence-corrected chi connectivity index (χ1v) is 6.50. The average molecular weight is 291 g/mol. The van der Waals surface area contributed by atoms with Gasteiger partial charge in [-0.15, -0.1) is 0 Å². The topological polar surface area (TPSA) is 75.4 Å². The Morgan fingerprint density at radius 2 is 1.95 bits per heavy atom. The Hall–Kier alpha value is -2.04. The number of benzene rings is 2. The number of nitrogens with one attached hydrogen (secondary N) is 1. The summed E-state index contributed by atoms with van der Waals surface area (Å²) < 4.78 is 0. The molecule has 0 bridgehead atoms. The van der Waals surface area contributed by atoms with Gasteiger partial charge in [0.2, 0.25) is 0 Å². The van der Waals surface area contributed by atoms with Gasteiger partial charge in [0.25, 0.3) is 5.91 Å². The number of nitrogens with two attached hydrogens (primary N) is 1. The number of hydrogen-bond acceptors (Lipinski definition) is 3. The van der Waals surface area contributed by atoms with Crippen molar-refractivity contribution in [1.82, 2.24) is 5.32 Å². The van der Waals surface area contributed by atoms with Crippen molar-refractivity contribution >= 4 is 23.2 Å². The first-order valence-electron chi connectivity index (χ1n) is 6.12. The summed E-state index contributed by atoms with van der Waals surface area (Å²) in [5.41, 5.74) is 8.22. The Morgan fingerprint density at radius 3 is 2.65 bits per heavy atom. The monoisotopic (exact) mass is 290 g/mol. The molecule has 0 fully saturated rings. The van der Waals surface area contributed by atoms with Crippen LogP contribution < -0.4 is 11.1 Å². The Labute approximate surface area is 122 Å². The number of carbonyl (C=O) groups is 1. The molecule has 0 unspecified atom stereocenters. The van der Waals surface area contributed by atoms with Crippen LogP contribution in [0.5, 0.6) is 0 Å². The van der Waals surface area contributed by atoms with Crippen molar-refractivity contribution in [2.24, 2.45) is 0 Å². The summed E-state index contributed by atoms with van der Waals surface area (Å²) in [6, 6.07) is 12.1. The van der Waals surface area contributed by atoms with E-state index in [1.807, 2.05) is 24.3 Å². The van der Waals surface area contributed by atoms with Crippen molar-refractivity contribution in [1.29, 1.82) is 0 Å². The van der Waals surface area contributed by atoms with Crippen LogP contribution in [0.25, 0.3) is 0 Å². The first-order chi connectivity index (χ1) is 9.60. The fraction of sp³-hybridized carbons (Fsp3) is 0.133. The number of halogens is 1. The summed E-state index contributed by atoms with van der Waals surface area (Å²) in [5.74, 6) is -0.256. The molecule has 0 aromatic heterocycles. The molecule has 0 aliphatic carbocycles. The van der Waals surface area contributed by atoms with E-state index in [0.29, 0.717) is 22.8 Å². The normalized spacial score (nSPS) is 10.3. The van der Waals surface area contributed by atoms with Gasteiger partial charge in [0, 0.05) is 17.3 Å². The number of nitrogen functional groups attached to an aromatic ring is 1. The zero-order valence-corrected chi connectivity index (χ0v) is 11.5. The molecular weight excluding hydrogens is 276 g/mol. The second-order valence-corrected chi connectivity index (χ2v) is 4.83. The second-order valence-electron chi connectivity index (χ2n) is 4.39. The lowest BCUT2D eigenvalue weighted by Crippen LogP contribution is -2.23. The van der Waals surface area contributed by atoms with E-state index < -0.39 is 0 Å². The van der Waals surface area contributed by atoms with Gasteiger partial charge in [0.05, 0.1) is 12.2 Å². The summed E-state index contributed by atoms with van der Waals surface area (Å²) in [4.78, 5) is 12.0. The maximum absolute atomic E-state index is 12.0. The van der Waals surface area contributed by atoms with Crippen LogP contribution >= 0.6 is 11.6 Å². The molecule has 5 heteroatoms. The van der Waals surface area contributed by atoms with Crippen LogP contribution in [0.3, 0.4) is 0 Å². The number of amides is 1. The molecule has 0 atom stereocenters. The number of carbonyl (C=O) groups excluding carboxylic acids is 1. The molecule has 0 heterocycles. The lowest BCUT2D eigenvalue weighted by atomic mass is 10.1. The number of aliphatic hydroxyl groups is 1. The van der Waals surface area contributed by atoms with Crippen LogP contribution in [0.1, 0.15) is 21.5 Å². The van der Waals surface area contributed by atoms with Crippen molar-refractivity contribution in [2.75, 3.05) is 5.73 Å². The van der Waals surface area contributed by atoms with Gasteiger partial charge in [-0.25, -0.2) is 0 Å². The van der Waals surface area contributed by atoms with Gasteiger partial charge in [-0.2, -0.15) is 0 Å². The molecule has 2 aromatic carbocycles. The highest BCUT2D eigenvalue weighted by molar-refractivity contribution is 6.31. The van der Waals surface area contributed by atoms with Crippen LogP contribution in [-0.2, 0) is 13.2 Å². The Bertz CT molecular complexity index is 629. The summed E-state index contributed by atoms with van der Waals surface area (Å²) in [6.45, 7) is 0.348. The smallest absolute Gasteiger partial charge is 0.253 e. The summed E-state index contributed by atoms with van der Waals surface area (Å²) >= 11 is 5.79. The zero-order valence-electron chi connectivity index (χ0n) is 10.8. The highest BCUT2D eigenvalue weighted by Gasteiger charge is 2.09. The molecule has 0 spiro atoms. The average Bonchev–Trinajstić information content (AvgIpc) is 2.45. The number of anilines is 1. The maximum atomic E-state index is 12.0. The molecular formula is C15H15ClN2O2. The van der Waals surface area contributed by atoms with Gasteiger partial charge in [0.15, 0.2) is 0 Å². The van der Waals surface area contributed by atoms with Gasteiger partial charge >= 0.3 is 0 Å². The molecule has 0 saturated heterocycles. The van der Waals surface area contributed by atoms with Crippen molar-refractivity contribution in [3.63, 3.8) is 0 Å². The molecule has 2 aromatic rings. The van der Waals surface area contributed by atoms with Crippen molar-refractivity contribution in [3.8, 4) is 0 Å². The lowest BCUT2D eigenvalue weighted by Gasteiger charge is -2.08. The van der Waals surface area contributed by atoms with Gasteiger partial charge in [-0.05, 0) is 29.3 Å². The molecule has 0 saturated carbocycles. The van der Waals surface area contributed by atoms with Crippen LogP contribution in [-0.4, -0.2) is 11.0 Å². The Morgan fingerprint density at radius 1 is 1.20 bits per heavy atom. The SMILES string of the molecule is Nc1cc(Cl)ccc1C(=O)NCc1cccc(CO)c1. The van der Waals surface area contributed by atoms with Crippen LogP contribution in [0.2, 0.25) is 5.02 Å². The second kappa shape index (κ2) is 6.41. The minimum Gasteiger partial charge on any atom is -0.398 e. The molecule has 4 N–H and O–H groups in total. The van der Waals surface area contributed by atoms with Crippen LogP contribution in [0, 0.1) is 0 Å². The predicted octanol–water partition coefficient (Wildman–Crippen LogP) is 2.34. The van der Waals surface area contributed by atoms with E-state index >= 15 is 0 Å². The zero-order chi connectivity index (χ0) is 14.5. The largest absolute Gasteiger partial charge is 0.398 e. The van der Waals surface area contributed by atoms with E-state index in [9.17, 15) is 4.79 Å². The van der Waals surface area contributed by atoms with E-state index in [0.717, 1.165) is 11.1 Å². The molecule has 4 nitrogen and oxygen atoms in total. The number of aliphatic hydroxyl groups excluding tert-OH is 1. The molecule has 2 rings (SSSR count). The number of hydrogen-bond donors (Lipinski definition) is 3. The third-order valence-corrected chi connectivity index (χ3v) is 3.12. The minimum atomic E-state index is -0.256. The van der Waals surface area contributed by atoms with Crippen molar-refractivity contribution in [3.05, 3.63) is 64.2 Å². The molecule has 20 heavy (non-hydrogen) atoms. The van der Waals surface area contributed by atoms with Crippen LogP contribution in [0.4, 0.5) is 5.69 Å². The van der Waals surface area contributed by atoms with Crippen molar-refractivity contribution < 1.29 is 9.90 Å². The fourth-order valence-corrected chi connectivity index (χ4v) is 2.04. The van der Waals surface area contributed by atoms with Gasteiger partial charge < -0.3 is 16.2 Å². The number of rotatable bonds is 4. The molecule has 0 aliphatic rings. The summed E-state index contributed by atoms with van der Waals surface area (Å²) in [6.07, 6.45) is 0. The van der Waals surface area contributed by atoms with E-state index in [1.54, 1.807) is 18.2 Å². The van der Waals surface area contributed by atoms with Gasteiger partial charge in [-0.1, -0.05) is 35.9 Å². The van der Waals surface area contributed by atoms with E-state index in [4.69, 9.17) is 22.4 Å². The lowest BCUT2D eigenvalue weighted by molar-refractivity contribution is 0.0952. The van der Waals surface area contributed by atoms with E-state index in [-0.39, 0.29) is 12.5 Å². The predicted molar refractivity (Wildman–Crippen MR) is 79.4 cm³/mol. The molecule has 104 valence electrons. The summed E-state index contributed by atoms with van der Waals surface area (Å²) in [5, 5.41) is 12.3. The summed E-state index contributed by atoms with van der Waals surface area (Å²) in [7, 11) is 0. The maximum Gasteiger partial charge on any atom is 0.253 e. The van der Waals surface area contributed by atoms with E-state index in [2.05, 4.69) is 5.32 Å².